The van der Waals surface area contributed by atoms with E-state index in [1.807, 2.05) is 19.1 Å². The van der Waals surface area contributed by atoms with Crippen molar-refractivity contribution in [3.8, 4) is 0 Å². The van der Waals surface area contributed by atoms with Gasteiger partial charge in [0.25, 0.3) is 0 Å². The molecule has 5 nitrogen and oxygen atoms in total. The molecule has 0 spiro atoms. The molecule has 1 saturated carbocycles. The lowest BCUT2D eigenvalue weighted by Gasteiger charge is -2.27. The highest BCUT2D eigenvalue weighted by molar-refractivity contribution is 5.88. The number of nitrogens with zero attached hydrogens (tertiary/aromatic N) is 2. The van der Waals surface area contributed by atoms with Gasteiger partial charge in [-0.25, -0.2) is 9.18 Å². The first-order valence-electron chi connectivity index (χ1n) is 8.06. The third-order valence-electron chi connectivity index (χ3n) is 4.81. The summed E-state index contributed by atoms with van der Waals surface area (Å²) < 4.78 is 13.0. The fourth-order valence-corrected chi connectivity index (χ4v) is 3.39. The Morgan fingerprint density at radius 2 is 2.08 bits per heavy atom. The lowest BCUT2D eigenvalue weighted by Crippen LogP contribution is -2.35. The predicted molar refractivity (Wildman–Crippen MR) is 88.9 cm³/mol. The van der Waals surface area contributed by atoms with E-state index in [9.17, 15) is 14.3 Å². The van der Waals surface area contributed by atoms with E-state index in [1.54, 1.807) is 12.1 Å². The summed E-state index contributed by atoms with van der Waals surface area (Å²) in [4.78, 5) is 17.6. The number of nitrogens with one attached hydrogen (secondary N) is 1. The number of benzene rings is 1. The van der Waals surface area contributed by atoms with Gasteiger partial charge >= 0.3 is 6.09 Å². The lowest BCUT2D eigenvalue weighted by molar-refractivity contribution is 0.201. The van der Waals surface area contributed by atoms with Crippen LogP contribution in [0.5, 0.6) is 0 Å². The molecule has 1 aliphatic heterocycles. The average Bonchev–Trinajstić information content (AvgIpc) is 3.35. The van der Waals surface area contributed by atoms with E-state index in [4.69, 9.17) is 4.98 Å². The van der Waals surface area contributed by atoms with E-state index in [0.717, 1.165) is 23.5 Å². The van der Waals surface area contributed by atoms with Crippen LogP contribution in [-0.4, -0.2) is 22.7 Å². The first-order chi connectivity index (χ1) is 11.5. The number of amides is 1. The van der Waals surface area contributed by atoms with E-state index < -0.39 is 6.09 Å². The van der Waals surface area contributed by atoms with Crippen molar-refractivity contribution in [1.29, 1.82) is 0 Å². The molecule has 2 aliphatic rings. The Kier molecular flexibility index (Phi) is 3.40. The van der Waals surface area contributed by atoms with Crippen molar-refractivity contribution < 1.29 is 14.3 Å². The zero-order chi connectivity index (χ0) is 16.8. The summed E-state index contributed by atoms with van der Waals surface area (Å²) in [5.41, 5.74) is 3.27. The molecule has 1 aliphatic carbocycles. The van der Waals surface area contributed by atoms with Crippen LogP contribution in [0.15, 0.2) is 36.4 Å². The van der Waals surface area contributed by atoms with Gasteiger partial charge in [-0.05, 0) is 55.7 Å². The summed E-state index contributed by atoms with van der Waals surface area (Å²) in [7, 11) is 0. The zero-order valence-electron chi connectivity index (χ0n) is 13.2. The maximum atomic E-state index is 13.0. The summed E-state index contributed by atoms with van der Waals surface area (Å²) in [6.45, 7) is 2.55. The smallest absolute Gasteiger partial charge is 0.411 e. The van der Waals surface area contributed by atoms with E-state index in [2.05, 4.69) is 5.32 Å². The van der Waals surface area contributed by atoms with Crippen molar-refractivity contribution >= 4 is 17.5 Å². The predicted octanol–water partition coefficient (Wildman–Crippen LogP) is 4.00. The third kappa shape index (κ3) is 2.58. The van der Waals surface area contributed by atoms with E-state index in [-0.39, 0.29) is 11.9 Å². The van der Waals surface area contributed by atoms with Crippen molar-refractivity contribution in [2.75, 3.05) is 16.8 Å². The summed E-state index contributed by atoms with van der Waals surface area (Å²) in [6, 6.07) is 9.85. The number of anilines is 2. The summed E-state index contributed by atoms with van der Waals surface area (Å²) >= 11 is 0. The van der Waals surface area contributed by atoms with Gasteiger partial charge < -0.3 is 10.4 Å². The van der Waals surface area contributed by atoms with Crippen molar-refractivity contribution in [3.05, 3.63) is 53.6 Å². The molecule has 124 valence electrons. The summed E-state index contributed by atoms with van der Waals surface area (Å²) in [5, 5.41) is 12.7. The molecule has 1 aromatic heterocycles. The molecule has 4 rings (SSSR count). The minimum absolute atomic E-state index is 0.0573. The van der Waals surface area contributed by atoms with Crippen LogP contribution in [0.1, 0.15) is 36.7 Å². The standard InChI is InChI=1S/C18H18FN3O2/c1-10(20-13-4-2-12(19)3-5-13)15-6-7-16-17(21-15)14-8-11(14)9-22(16)18(23)24/h2-7,10-11,14,20H,8-9H2,1H3,(H,23,24)/t10-,11+,14+/m1/s1. The van der Waals surface area contributed by atoms with Crippen molar-refractivity contribution in [1.82, 2.24) is 4.98 Å². The lowest BCUT2D eigenvalue weighted by atomic mass is 10.1. The van der Waals surface area contributed by atoms with Gasteiger partial charge in [-0.3, -0.25) is 9.88 Å². The fraction of sp³-hybridized carbons (Fsp3) is 0.333. The minimum Gasteiger partial charge on any atom is -0.465 e. The number of aromatic nitrogens is 1. The summed E-state index contributed by atoms with van der Waals surface area (Å²) in [5.74, 6) is 0.513. The van der Waals surface area contributed by atoms with E-state index >= 15 is 0 Å². The third-order valence-corrected chi connectivity index (χ3v) is 4.81. The number of hydrogen-bond acceptors (Lipinski definition) is 3. The van der Waals surface area contributed by atoms with Crippen molar-refractivity contribution in [3.63, 3.8) is 0 Å². The number of pyridine rings is 1. The average molecular weight is 327 g/mol. The van der Waals surface area contributed by atoms with E-state index in [1.165, 1.54) is 17.0 Å². The number of carbonyl (C=O) groups is 1. The number of fused-ring (bicyclic) bond motifs is 3. The number of rotatable bonds is 3. The molecule has 0 radical (unpaired) electrons. The van der Waals surface area contributed by atoms with Crippen LogP contribution in [0, 0.1) is 11.7 Å². The van der Waals surface area contributed by atoms with Gasteiger partial charge in [0.2, 0.25) is 0 Å². The topological polar surface area (TPSA) is 65.5 Å². The number of carboxylic acid groups (broad SMARTS) is 1. The van der Waals surface area contributed by atoms with Crippen LogP contribution in [-0.2, 0) is 0 Å². The molecule has 2 N–H and O–H groups in total. The maximum absolute atomic E-state index is 13.0. The molecule has 3 atom stereocenters. The van der Waals surface area contributed by atoms with Gasteiger partial charge in [-0.15, -0.1) is 0 Å². The van der Waals surface area contributed by atoms with Crippen LogP contribution in [0.3, 0.4) is 0 Å². The quantitative estimate of drug-likeness (QED) is 0.894. The van der Waals surface area contributed by atoms with Crippen molar-refractivity contribution in [2.24, 2.45) is 5.92 Å². The molecular weight excluding hydrogens is 309 g/mol. The highest BCUT2D eigenvalue weighted by Gasteiger charge is 2.47. The Labute approximate surface area is 139 Å². The largest absolute Gasteiger partial charge is 0.465 e. The molecule has 1 amide bonds. The van der Waals surface area contributed by atoms with Crippen LogP contribution >= 0.6 is 0 Å². The normalized spacial score (nSPS) is 22.3. The molecule has 1 aromatic carbocycles. The van der Waals surface area contributed by atoms with Gasteiger partial charge in [0.05, 0.1) is 23.1 Å². The summed E-state index contributed by atoms with van der Waals surface area (Å²) in [6.07, 6.45) is 0.0844. The molecule has 1 fully saturated rings. The molecule has 2 aromatic rings. The second kappa shape index (κ2) is 5.47. The molecule has 0 unspecified atom stereocenters. The first kappa shape index (κ1) is 14.9. The van der Waals surface area contributed by atoms with Crippen LogP contribution in [0.4, 0.5) is 20.6 Å². The maximum Gasteiger partial charge on any atom is 0.411 e. The highest BCUT2D eigenvalue weighted by Crippen LogP contribution is 2.53. The Morgan fingerprint density at radius 1 is 1.33 bits per heavy atom. The Hall–Kier alpha value is -2.63. The molecule has 0 bridgehead atoms. The number of halogens is 1. The Bertz CT molecular complexity index is 793. The van der Waals surface area contributed by atoms with Gasteiger partial charge in [-0.1, -0.05) is 0 Å². The molecule has 6 heteroatoms. The van der Waals surface area contributed by atoms with Crippen molar-refractivity contribution in [2.45, 2.75) is 25.3 Å². The van der Waals surface area contributed by atoms with Crippen LogP contribution in [0.25, 0.3) is 0 Å². The molecular formula is C18H18FN3O2. The first-order valence-corrected chi connectivity index (χ1v) is 8.06. The Morgan fingerprint density at radius 3 is 2.79 bits per heavy atom. The van der Waals surface area contributed by atoms with Gasteiger partial charge in [0, 0.05) is 18.2 Å². The minimum atomic E-state index is -0.923. The molecule has 24 heavy (non-hydrogen) atoms. The molecule has 2 heterocycles. The Balaban J connectivity index is 1.59. The second-order valence-corrected chi connectivity index (χ2v) is 6.51. The van der Waals surface area contributed by atoms with Gasteiger partial charge in [0.15, 0.2) is 0 Å². The fourth-order valence-electron chi connectivity index (χ4n) is 3.39. The highest BCUT2D eigenvalue weighted by atomic mass is 19.1. The monoisotopic (exact) mass is 327 g/mol. The zero-order valence-corrected chi connectivity index (χ0v) is 13.2. The van der Waals surface area contributed by atoms with E-state index in [0.29, 0.717) is 24.1 Å². The molecule has 0 saturated heterocycles. The van der Waals surface area contributed by atoms with Gasteiger partial charge in [0.1, 0.15) is 5.82 Å². The van der Waals surface area contributed by atoms with Crippen LogP contribution in [0.2, 0.25) is 0 Å². The van der Waals surface area contributed by atoms with Gasteiger partial charge in [-0.2, -0.15) is 0 Å². The second-order valence-electron chi connectivity index (χ2n) is 6.51. The SMILES string of the molecule is C[C@@H](Nc1ccc(F)cc1)c1ccc2c(n1)[C@H]1C[C@H]1CN2C(=O)O. The number of hydrogen-bond donors (Lipinski definition) is 2. The van der Waals surface area contributed by atoms with Crippen LogP contribution < -0.4 is 10.2 Å².